The van der Waals surface area contributed by atoms with E-state index in [1.807, 2.05) is 19.9 Å². The van der Waals surface area contributed by atoms with E-state index in [1.165, 1.54) is 6.92 Å². The maximum Gasteiger partial charge on any atom is 0.221 e. The van der Waals surface area contributed by atoms with E-state index < -0.39 is 0 Å². The standard InChI is InChI=1S/C8H12N2O/c1-6(2)4-8(5-9)10-7(3)11/h4,6H,1-3H3,(H,10,11)/b8-4+. The molecule has 3 heteroatoms. The summed E-state index contributed by atoms with van der Waals surface area (Å²) >= 11 is 0. The molecule has 0 saturated heterocycles. The van der Waals surface area contributed by atoms with Crippen LogP contribution in [0.5, 0.6) is 0 Å². The first-order chi connectivity index (χ1) is 5.06. The zero-order chi connectivity index (χ0) is 8.85. The minimum absolute atomic E-state index is 0.210. The molecule has 0 aliphatic heterocycles. The van der Waals surface area contributed by atoms with Crippen LogP contribution in [-0.2, 0) is 4.79 Å². The second-order valence-corrected chi connectivity index (χ2v) is 2.62. The molecule has 11 heavy (non-hydrogen) atoms. The highest BCUT2D eigenvalue weighted by atomic mass is 16.1. The van der Waals surface area contributed by atoms with Crippen molar-refractivity contribution in [2.45, 2.75) is 20.8 Å². The summed E-state index contributed by atoms with van der Waals surface area (Å²) in [6.45, 7) is 5.27. The van der Waals surface area contributed by atoms with Gasteiger partial charge in [-0.05, 0) is 12.0 Å². The van der Waals surface area contributed by atoms with Crippen LogP contribution < -0.4 is 5.32 Å². The SMILES string of the molecule is CC(=O)N/C(C#N)=C/C(C)C. The van der Waals surface area contributed by atoms with Crippen LogP contribution in [0.3, 0.4) is 0 Å². The number of allylic oxidation sites excluding steroid dienone is 2. The van der Waals surface area contributed by atoms with Crippen molar-refractivity contribution < 1.29 is 4.79 Å². The van der Waals surface area contributed by atoms with Crippen molar-refractivity contribution in [3.8, 4) is 6.07 Å². The number of nitriles is 1. The largest absolute Gasteiger partial charge is 0.318 e. The zero-order valence-electron chi connectivity index (χ0n) is 7.01. The van der Waals surface area contributed by atoms with Gasteiger partial charge in [-0.25, -0.2) is 0 Å². The Bertz CT molecular complexity index is 211. The fourth-order valence-electron chi connectivity index (χ4n) is 0.630. The molecule has 60 valence electrons. The van der Waals surface area contributed by atoms with E-state index in [2.05, 4.69) is 5.32 Å². The summed E-state index contributed by atoms with van der Waals surface area (Å²) < 4.78 is 0. The van der Waals surface area contributed by atoms with Gasteiger partial charge < -0.3 is 5.32 Å². The summed E-state index contributed by atoms with van der Waals surface area (Å²) in [5.41, 5.74) is 0.326. The lowest BCUT2D eigenvalue weighted by Crippen LogP contribution is -2.18. The summed E-state index contributed by atoms with van der Waals surface area (Å²) in [7, 11) is 0. The van der Waals surface area contributed by atoms with E-state index in [1.54, 1.807) is 6.08 Å². The molecule has 0 aliphatic rings. The minimum Gasteiger partial charge on any atom is -0.318 e. The highest BCUT2D eigenvalue weighted by Gasteiger charge is 1.97. The van der Waals surface area contributed by atoms with Gasteiger partial charge in [0.15, 0.2) is 0 Å². The van der Waals surface area contributed by atoms with Crippen LogP contribution in [0.2, 0.25) is 0 Å². The second kappa shape index (κ2) is 4.51. The average Bonchev–Trinajstić information content (AvgIpc) is 1.84. The molecule has 0 bridgehead atoms. The van der Waals surface area contributed by atoms with Crippen LogP contribution in [0, 0.1) is 17.2 Å². The first-order valence-electron chi connectivity index (χ1n) is 3.45. The van der Waals surface area contributed by atoms with E-state index in [0.29, 0.717) is 5.70 Å². The van der Waals surface area contributed by atoms with E-state index in [9.17, 15) is 4.79 Å². The molecule has 0 spiro atoms. The highest BCUT2D eigenvalue weighted by Crippen LogP contribution is 1.97. The number of amides is 1. The van der Waals surface area contributed by atoms with E-state index in [-0.39, 0.29) is 11.8 Å². The van der Waals surface area contributed by atoms with Crippen molar-refractivity contribution in [3.05, 3.63) is 11.8 Å². The van der Waals surface area contributed by atoms with E-state index in [4.69, 9.17) is 5.26 Å². The van der Waals surface area contributed by atoms with Crippen molar-refractivity contribution >= 4 is 5.91 Å². The van der Waals surface area contributed by atoms with E-state index >= 15 is 0 Å². The number of carbonyl (C=O) groups excluding carboxylic acids is 1. The maximum absolute atomic E-state index is 10.5. The normalized spacial score (nSPS) is 11.0. The molecule has 0 unspecified atom stereocenters. The number of hydrogen-bond donors (Lipinski definition) is 1. The molecule has 0 aliphatic carbocycles. The Morgan fingerprint density at radius 2 is 2.18 bits per heavy atom. The molecule has 1 amide bonds. The van der Waals surface area contributed by atoms with Gasteiger partial charge in [0.1, 0.15) is 11.8 Å². The molecule has 0 rings (SSSR count). The molecule has 3 nitrogen and oxygen atoms in total. The first kappa shape index (κ1) is 9.70. The fourth-order valence-corrected chi connectivity index (χ4v) is 0.630. The second-order valence-electron chi connectivity index (χ2n) is 2.62. The van der Waals surface area contributed by atoms with Crippen LogP contribution in [0.4, 0.5) is 0 Å². The molecular weight excluding hydrogens is 140 g/mol. The van der Waals surface area contributed by atoms with Gasteiger partial charge >= 0.3 is 0 Å². The molecule has 0 aromatic carbocycles. The Morgan fingerprint density at radius 3 is 2.45 bits per heavy atom. The lowest BCUT2D eigenvalue weighted by atomic mass is 10.2. The topological polar surface area (TPSA) is 52.9 Å². The Morgan fingerprint density at radius 1 is 1.64 bits per heavy atom. The molecule has 0 atom stereocenters. The van der Waals surface area contributed by atoms with Crippen LogP contribution in [0.25, 0.3) is 0 Å². The number of hydrogen-bond acceptors (Lipinski definition) is 2. The van der Waals surface area contributed by atoms with E-state index in [0.717, 1.165) is 0 Å². The molecule has 0 aromatic heterocycles. The molecule has 0 fully saturated rings. The highest BCUT2D eigenvalue weighted by molar-refractivity contribution is 5.75. The summed E-state index contributed by atoms with van der Waals surface area (Å²) in [6, 6.07) is 1.89. The van der Waals surface area contributed by atoms with Crippen molar-refractivity contribution in [2.75, 3.05) is 0 Å². The van der Waals surface area contributed by atoms with Crippen LogP contribution in [-0.4, -0.2) is 5.91 Å². The fraction of sp³-hybridized carbons (Fsp3) is 0.500. The summed E-state index contributed by atoms with van der Waals surface area (Å²) in [6.07, 6.45) is 1.71. The Labute approximate surface area is 66.7 Å². The van der Waals surface area contributed by atoms with Crippen LogP contribution >= 0.6 is 0 Å². The third-order valence-electron chi connectivity index (χ3n) is 0.931. The molecule has 0 heterocycles. The summed E-state index contributed by atoms with van der Waals surface area (Å²) in [4.78, 5) is 10.5. The number of rotatable bonds is 2. The third-order valence-corrected chi connectivity index (χ3v) is 0.931. The number of carbonyl (C=O) groups is 1. The average molecular weight is 152 g/mol. The first-order valence-corrected chi connectivity index (χ1v) is 3.45. The molecular formula is C8H12N2O. The number of nitrogens with zero attached hydrogens (tertiary/aromatic N) is 1. The zero-order valence-corrected chi connectivity index (χ0v) is 7.01. The smallest absolute Gasteiger partial charge is 0.221 e. The number of nitrogens with one attached hydrogen (secondary N) is 1. The van der Waals surface area contributed by atoms with Crippen molar-refractivity contribution in [3.63, 3.8) is 0 Å². The lowest BCUT2D eigenvalue weighted by molar-refractivity contribution is -0.118. The van der Waals surface area contributed by atoms with Gasteiger partial charge in [-0.1, -0.05) is 13.8 Å². The van der Waals surface area contributed by atoms with Crippen molar-refractivity contribution in [2.24, 2.45) is 5.92 Å². The third kappa shape index (κ3) is 5.16. The molecule has 1 N–H and O–H groups in total. The molecule has 0 aromatic rings. The maximum atomic E-state index is 10.5. The molecule has 0 saturated carbocycles. The minimum atomic E-state index is -0.210. The van der Waals surface area contributed by atoms with Gasteiger partial charge in [0.25, 0.3) is 0 Å². The van der Waals surface area contributed by atoms with Crippen molar-refractivity contribution in [1.29, 1.82) is 5.26 Å². The van der Waals surface area contributed by atoms with Crippen LogP contribution in [0.1, 0.15) is 20.8 Å². The Kier molecular flexibility index (Phi) is 3.97. The van der Waals surface area contributed by atoms with Gasteiger partial charge in [-0.2, -0.15) is 5.26 Å². The van der Waals surface area contributed by atoms with Gasteiger partial charge in [0, 0.05) is 6.92 Å². The van der Waals surface area contributed by atoms with Gasteiger partial charge in [-0.3, -0.25) is 4.79 Å². The predicted molar refractivity (Wildman–Crippen MR) is 42.4 cm³/mol. The Hall–Kier alpha value is -1.30. The predicted octanol–water partition coefficient (Wildman–Crippen LogP) is 1.19. The summed E-state index contributed by atoms with van der Waals surface area (Å²) in [5, 5.41) is 10.9. The van der Waals surface area contributed by atoms with Crippen molar-refractivity contribution in [1.82, 2.24) is 5.32 Å². The lowest BCUT2D eigenvalue weighted by Gasteiger charge is -1.99. The van der Waals surface area contributed by atoms with Gasteiger partial charge in [0.2, 0.25) is 5.91 Å². The van der Waals surface area contributed by atoms with Gasteiger partial charge in [0.05, 0.1) is 0 Å². The monoisotopic (exact) mass is 152 g/mol. The Balaban J connectivity index is 4.20. The van der Waals surface area contributed by atoms with Gasteiger partial charge in [-0.15, -0.1) is 0 Å². The van der Waals surface area contributed by atoms with Crippen LogP contribution in [0.15, 0.2) is 11.8 Å². The quantitative estimate of drug-likeness (QED) is 0.604. The molecule has 0 radical (unpaired) electrons. The summed E-state index contributed by atoms with van der Waals surface area (Å²) in [5.74, 6) is 0.0648.